The van der Waals surface area contributed by atoms with Crippen molar-refractivity contribution >= 4 is 0 Å². The summed E-state index contributed by atoms with van der Waals surface area (Å²) in [6.45, 7) is 16.3. The Kier molecular flexibility index (Phi) is 7.19. The normalized spacial score (nSPS) is 13.8. The van der Waals surface area contributed by atoms with Gasteiger partial charge in [-0.3, -0.25) is 0 Å². The molecule has 124 valence electrons. The SMILES string of the molecule is C/C=C\CC(CC)c1ccc(OCC(C)C)c(C(C)(C)C)c1. The van der Waals surface area contributed by atoms with Crippen LogP contribution in [-0.4, -0.2) is 6.61 Å². The van der Waals surface area contributed by atoms with Crippen molar-refractivity contribution in [3.05, 3.63) is 41.5 Å². The fraction of sp³-hybridized carbons (Fsp3) is 0.619. The van der Waals surface area contributed by atoms with E-state index in [1.807, 2.05) is 0 Å². The van der Waals surface area contributed by atoms with E-state index in [-0.39, 0.29) is 5.41 Å². The quantitative estimate of drug-likeness (QED) is 0.524. The van der Waals surface area contributed by atoms with Crippen LogP contribution in [0.5, 0.6) is 5.75 Å². The van der Waals surface area contributed by atoms with Gasteiger partial charge in [-0.05, 0) is 54.2 Å². The summed E-state index contributed by atoms with van der Waals surface area (Å²) < 4.78 is 6.06. The van der Waals surface area contributed by atoms with Gasteiger partial charge in [0.05, 0.1) is 6.61 Å². The van der Waals surface area contributed by atoms with Gasteiger partial charge in [0.1, 0.15) is 5.75 Å². The first-order chi connectivity index (χ1) is 10.3. The standard InChI is InChI=1S/C21H34O/c1-8-10-11-17(9-2)18-12-13-20(22-15-16(3)4)19(14-18)21(5,6)7/h8,10,12-14,16-17H,9,11,15H2,1-7H3/b10-8-. The van der Waals surface area contributed by atoms with Gasteiger partial charge in [0.15, 0.2) is 0 Å². The first-order valence-electron chi connectivity index (χ1n) is 8.67. The van der Waals surface area contributed by atoms with Crippen LogP contribution in [0.25, 0.3) is 0 Å². The first kappa shape index (κ1) is 18.8. The van der Waals surface area contributed by atoms with Crippen LogP contribution >= 0.6 is 0 Å². The molecule has 0 aliphatic heterocycles. The molecule has 1 aromatic carbocycles. The lowest BCUT2D eigenvalue weighted by Gasteiger charge is -2.26. The minimum atomic E-state index is 0.0984. The molecule has 1 atom stereocenters. The fourth-order valence-corrected chi connectivity index (χ4v) is 2.61. The Hall–Kier alpha value is -1.24. The smallest absolute Gasteiger partial charge is 0.123 e. The van der Waals surface area contributed by atoms with Gasteiger partial charge in [-0.25, -0.2) is 0 Å². The molecule has 0 N–H and O–H groups in total. The summed E-state index contributed by atoms with van der Waals surface area (Å²) in [6.07, 6.45) is 6.70. The van der Waals surface area contributed by atoms with Crippen LogP contribution in [0.3, 0.4) is 0 Å². The van der Waals surface area contributed by atoms with Crippen LogP contribution in [0, 0.1) is 5.92 Å². The minimum absolute atomic E-state index is 0.0984. The van der Waals surface area contributed by atoms with E-state index in [0.717, 1.165) is 18.8 Å². The Balaban J connectivity index is 3.13. The van der Waals surface area contributed by atoms with Gasteiger partial charge in [-0.1, -0.05) is 65.8 Å². The molecule has 0 aromatic heterocycles. The first-order valence-corrected chi connectivity index (χ1v) is 8.67. The Morgan fingerprint density at radius 2 is 1.86 bits per heavy atom. The largest absolute Gasteiger partial charge is 0.493 e. The molecule has 0 saturated heterocycles. The Morgan fingerprint density at radius 1 is 1.18 bits per heavy atom. The van der Waals surface area contributed by atoms with Gasteiger partial charge < -0.3 is 4.74 Å². The second-order valence-corrected chi connectivity index (χ2v) is 7.62. The second-order valence-electron chi connectivity index (χ2n) is 7.62. The fourth-order valence-electron chi connectivity index (χ4n) is 2.61. The Labute approximate surface area is 137 Å². The van der Waals surface area contributed by atoms with Gasteiger partial charge in [0.25, 0.3) is 0 Å². The molecule has 0 aliphatic carbocycles. The molecule has 0 bridgehead atoms. The Bertz CT molecular complexity index is 477. The molecule has 1 unspecified atom stereocenters. The number of hydrogen-bond acceptors (Lipinski definition) is 1. The van der Waals surface area contributed by atoms with Crippen molar-refractivity contribution in [2.45, 2.75) is 72.6 Å². The van der Waals surface area contributed by atoms with E-state index in [1.165, 1.54) is 17.5 Å². The zero-order valence-electron chi connectivity index (χ0n) is 15.6. The topological polar surface area (TPSA) is 9.23 Å². The lowest BCUT2D eigenvalue weighted by atomic mass is 9.82. The van der Waals surface area contributed by atoms with E-state index in [9.17, 15) is 0 Å². The molecule has 1 aromatic rings. The number of hydrogen-bond donors (Lipinski definition) is 0. The maximum Gasteiger partial charge on any atom is 0.123 e. The zero-order chi connectivity index (χ0) is 16.8. The number of allylic oxidation sites excluding steroid dienone is 2. The molecule has 0 fully saturated rings. The molecule has 22 heavy (non-hydrogen) atoms. The average molecular weight is 303 g/mol. The molecule has 0 saturated carbocycles. The third-order valence-electron chi connectivity index (χ3n) is 4.00. The van der Waals surface area contributed by atoms with E-state index >= 15 is 0 Å². The highest BCUT2D eigenvalue weighted by molar-refractivity contribution is 5.42. The minimum Gasteiger partial charge on any atom is -0.493 e. The highest BCUT2D eigenvalue weighted by Gasteiger charge is 2.21. The maximum atomic E-state index is 6.06. The maximum absolute atomic E-state index is 6.06. The molecule has 0 aliphatic rings. The lowest BCUT2D eigenvalue weighted by molar-refractivity contribution is 0.264. The summed E-state index contributed by atoms with van der Waals surface area (Å²) in [5.74, 6) is 2.19. The van der Waals surface area contributed by atoms with Crippen LogP contribution < -0.4 is 4.74 Å². The van der Waals surface area contributed by atoms with Crippen molar-refractivity contribution in [3.63, 3.8) is 0 Å². The van der Waals surface area contributed by atoms with Crippen LogP contribution in [0.4, 0.5) is 0 Å². The van der Waals surface area contributed by atoms with E-state index in [1.54, 1.807) is 0 Å². The summed E-state index contributed by atoms with van der Waals surface area (Å²) in [5, 5.41) is 0. The van der Waals surface area contributed by atoms with Crippen molar-refractivity contribution in [2.24, 2.45) is 5.92 Å². The van der Waals surface area contributed by atoms with Crippen LogP contribution in [0.1, 0.15) is 78.4 Å². The third kappa shape index (κ3) is 5.51. The molecule has 0 spiro atoms. The van der Waals surface area contributed by atoms with Crippen molar-refractivity contribution in [1.82, 2.24) is 0 Å². The third-order valence-corrected chi connectivity index (χ3v) is 4.00. The van der Waals surface area contributed by atoms with Crippen molar-refractivity contribution in [2.75, 3.05) is 6.61 Å². The summed E-state index contributed by atoms with van der Waals surface area (Å²) in [7, 11) is 0. The predicted molar refractivity (Wildman–Crippen MR) is 97.9 cm³/mol. The van der Waals surface area contributed by atoms with E-state index in [4.69, 9.17) is 4.74 Å². The van der Waals surface area contributed by atoms with Crippen LogP contribution in [-0.2, 0) is 5.41 Å². The van der Waals surface area contributed by atoms with Crippen LogP contribution in [0.15, 0.2) is 30.4 Å². The van der Waals surface area contributed by atoms with Crippen LogP contribution in [0.2, 0.25) is 0 Å². The summed E-state index contributed by atoms with van der Waals surface area (Å²) in [6, 6.07) is 6.80. The predicted octanol–water partition coefficient (Wildman–Crippen LogP) is 6.48. The summed E-state index contributed by atoms with van der Waals surface area (Å²) in [5.41, 5.74) is 2.85. The van der Waals surface area contributed by atoms with E-state index in [2.05, 4.69) is 78.8 Å². The van der Waals surface area contributed by atoms with E-state index < -0.39 is 0 Å². The molecule has 1 heteroatoms. The second kappa shape index (κ2) is 8.41. The van der Waals surface area contributed by atoms with E-state index in [0.29, 0.717) is 11.8 Å². The molecule has 1 nitrogen and oxygen atoms in total. The van der Waals surface area contributed by atoms with Crippen molar-refractivity contribution in [1.29, 1.82) is 0 Å². The molecular weight excluding hydrogens is 268 g/mol. The van der Waals surface area contributed by atoms with Gasteiger partial charge in [-0.2, -0.15) is 0 Å². The number of ether oxygens (including phenoxy) is 1. The van der Waals surface area contributed by atoms with Gasteiger partial charge in [-0.15, -0.1) is 0 Å². The number of benzene rings is 1. The van der Waals surface area contributed by atoms with Crippen molar-refractivity contribution in [3.8, 4) is 5.75 Å². The summed E-state index contributed by atoms with van der Waals surface area (Å²) in [4.78, 5) is 0. The molecule has 0 amide bonds. The van der Waals surface area contributed by atoms with Gasteiger partial charge in [0.2, 0.25) is 0 Å². The summed E-state index contributed by atoms with van der Waals surface area (Å²) >= 11 is 0. The van der Waals surface area contributed by atoms with Gasteiger partial charge >= 0.3 is 0 Å². The number of rotatable bonds is 7. The highest BCUT2D eigenvalue weighted by atomic mass is 16.5. The monoisotopic (exact) mass is 302 g/mol. The molecule has 1 rings (SSSR count). The lowest BCUT2D eigenvalue weighted by Crippen LogP contribution is -2.16. The molecule has 0 heterocycles. The van der Waals surface area contributed by atoms with Gasteiger partial charge in [0, 0.05) is 0 Å². The Morgan fingerprint density at radius 3 is 2.36 bits per heavy atom. The zero-order valence-corrected chi connectivity index (χ0v) is 15.6. The molecule has 0 radical (unpaired) electrons. The van der Waals surface area contributed by atoms with Crippen molar-refractivity contribution < 1.29 is 4.74 Å². The highest BCUT2D eigenvalue weighted by Crippen LogP contribution is 2.35. The average Bonchev–Trinajstić information content (AvgIpc) is 2.45. The molecular formula is C21H34O.